The number of hydrogen-bond acceptors (Lipinski definition) is 9. The van der Waals surface area contributed by atoms with Gasteiger partial charge >= 0.3 is 6.09 Å². The molecule has 196 valence electrons. The van der Waals surface area contributed by atoms with E-state index in [0.717, 1.165) is 12.1 Å². The molecule has 1 atom stereocenters. The second-order valence-electron chi connectivity index (χ2n) is 9.07. The van der Waals surface area contributed by atoms with E-state index >= 15 is 0 Å². The van der Waals surface area contributed by atoms with Crippen LogP contribution in [0.15, 0.2) is 18.3 Å². The second kappa shape index (κ2) is 11.1. The monoisotopic (exact) mass is 525 g/mol. The van der Waals surface area contributed by atoms with Gasteiger partial charge in [-0.1, -0.05) is 5.21 Å². The first-order chi connectivity index (χ1) is 16.9. The fourth-order valence-electron chi connectivity index (χ4n) is 3.53. The van der Waals surface area contributed by atoms with Gasteiger partial charge in [-0.3, -0.25) is 4.79 Å². The van der Waals surface area contributed by atoms with Gasteiger partial charge in [0.1, 0.15) is 29.6 Å². The first-order valence-corrected chi connectivity index (χ1v) is 11.5. The minimum absolute atomic E-state index is 0.105. The number of carbonyl (C=O) groups is 2. The molecular weight excluding hydrogens is 496 g/mol. The molecule has 1 unspecified atom stereocenters. The summed E-state index contributed by atoms with van der Waals surface area (Å²) in [6.45, 7) is 5.81. The van der Waals surface area contributed by atoms with Crippen LogP contribution in [0.1, 0.15) is 32.5 Å². The molecule has 2 aromatic rings. The Bertz CT molecular complexity index is 1110. The first-order valence-electron chi connectivity index (χ1n) is 11.1. The molecule has 1 aliphatic rings. The average Bonchev–Trinajstić information content (AvgIpc) is 3.31. The maximum Gasteiger partial charge on any atom is 0.408 e. The molecule has 3 N–H and O–H groups in total. The van der Waals surface area contributed by atoms with Crippen LogP contribution in [0.5, 0.6) is 0 Å². The maximum atomic E-state index is 15.0. The van der Waals surface area contributed by atoms with E-state index in [4.69, 9.17) is 27.4 Å². The topological polar surface area (TPSA) is 128 Å². The van der Waals surface area contributed by atoms with Crippen molar-refractivity contribution in [2.75, 3.05) is 44.7 Å². The summed E-state index contributed by atoms with van der Waals surface area (Å²) in [4.78, 5) is 27.2. The summed E-state index contributed by atoms with van der Waals surface area (Å²) in [5, 5.41) is 10.3. The molecule has 1 aromatic heterocycles. The van der Waals surface area contributed by atoms with Crippen LogP contribution < -0.4 is 16.0 Å². The Morgan fingerprint density at radius 3 is 2.36 bits per heavy atom. The molecule has 0 bridgehead atoms. The Morgan fingerprint density at radius 1 is 1.19 bits per heavy atom. The standard InChI is InChI=1S/C22H29F2N7O4S/c1-22(2,3)35-21(33)26-11-17(32)29-5-7-30(8-6-29)19-14(23)9-13(10-15(19)24)31-12-16(27-28-31)18(25)20(36)34-4/h9-10,12,18H,5-8,11,25H2,1-4H3,(H,26,33). The van der Waals surface area contributed by atoms with Crippen molar-refractivity contribution in [3.8, 4) is 5.69 Å². The summed E-state index contributed by atoms with van der Waals surface area (Å²) in [5.74, 6) is -1.89. The fraction of sp³-hybridized carbons (Fsp3) is 0.500. The third-order valence-corrected chi connectivity index (χ3v) is 5.70. The van der Waals surface area contributed by atoms with Crippen LogP contribution in [-0.2, 0) is 14.3 Å². The molecule has 0 spiro atoms. The molecule has 1 fully saturated rings. The quantitative estimate of drug-likeness (QED) is 0.542. The number of piperazine rings is 1. The van der Waals surface area contributed by atoms with Gasteiger partial charge in [-0.05, 0) is 33.0 Å². The second-order valence-corrected chi connectivity index (χ2v) is 9.47. The van der Waals surface area contributed by atoms with Crippen LogP contribution >= 0.6 is 12.2 Å². The van der Waals surface area contributed by atoms with Gasteiger partial charge in [0.15, 0.2) is 16.7 Å². The third-order valence-electron chi connectivity index (χ3n) is 5.28. The van der Waals surface area contributed by atoms with Gasteiger partial charge < -0.3 is 30.3 Å². The van der Waals surface area contributed by atoms with Gasteiger partial charge in [-0.15, -0.1) is 5.10 Å². The van der Waals surface area contributed by atoms with Gasteiger partial charge in [0.2, 0.25) is 5.91 Å². The number of nitrogens with one attached hydrogen (secondary N) is 1. The van der Waals surface area contributed by atoms with Crippen LogP contribution in [0.25, 0.3) is 5.69 Å². The highest BCUT2D eigenvalue weighted by Gasteiger charge is 2.27. The number of thiocarbonyl (C=S) groups is 1. The molecule has 14 heteroatoms. The lowest BCUT2D eigenvalue weighted by molar-refractivity contribution is -0.130. The number of carbonyl (C=O) groups excluding carboxylic acids is 2. The van der Waals surface area contributed by atoms with Crippen molar-refractivity contribution in [3.63, 3.8) is 0 Å². The van der Waals surface area contributed by atoms with E-state index < -0.39 is 29.4 Å². The molecule has 0 radical (unpaired) electrons. The fourth-order valence-corrected chi connectivity index (χ4v) is 3.65. The number of alkyl carbamates (subject to hydrolysis) is 1. The van der Waals surface area contributed by atoms with Crippen molar-refractivity contribution < 1.29 is 27.8 Å². The number of benzene rings is 1. The number of anilines is 1. The van der Waals surface area contributed by atoms with Crippen molar-refractivity contribution in [3.05, 3.63) is 35.7 Å². The molecule has 36 heavy (non-hydrogen) atoms. The summed E-state index contributed by atoms with van der Waals surface area (Å²) in [6, 6.07) is 1.46. The summed E-state index contributed by atoms with van der Waals surface area (Å²) < 4.78 is 41.2. The summed E-state index contributed by atoms with van der Waals surface area (Å²) >= 11 is 4.99. The van der Waals surface area contributed by atoms with Gasteiger partial charge in [0.25, 0.3) is 0 Å². The summed E-state index contributed by atoms with van der Waals surface area (Å²) in [5.41, 5.74) is 5.45. The molecule has 2 heterocycles. The number of nitrogens with two attached hydrogens (primary N) is 1. The molecule has 1 aromatic carbocycles. The molecule has 0 aliphatic carbocycles. The van der Waals surface area contributed by atoms with Gasteiger partial charge in [0, 0.05) is 38.3 Å². The Labute approximate surface area is 212 Å². The van der Waals surface area contributed by atoms with Gasteiger partial charge in [-0.2, -0.15) is 0 Å². The van der Waals surface area contributed by atoms with Crippen molar-refractivity contribution in [1.29, 1.82) is 0 Å². The smallest absolute Gasteiger partial charge is 0.408 e. The molecular formula is C22H29F2N7O4S. The van der Waals surface area contributed by atoms with Gasteiger partial charge in [-0.25, -0.2) is 18.3 Å². The minimum atomic E-state index is -0.814. The number of methoxy groups -OCH3 is 1. The van der Waals surface area contributed by atoms with E-state index in [1.807, 2.05) is 0 Å². The average molecular weight is 526 g/mol. The highest BCUT2D eigenvalue weighted by atomic mass is 32.1. The number of rotatable bonds is 6. The summed E-state index contributed by atoms with van der Waals surface area (Å²) in [7, 11) is 1.38. The van der Waals surface area contributed by atoms with E-state index in [1.54, 1.807) is 20.8 Å². The molecule has 2 amide bonds. The maximum absolute atomic E-state index is 15.0. The first kappa shape index (κ1) is 27.2. The van der Waals surface area contributed by atoms with Crippen LogP contribution in [0.4, 0.5) is 19.3 Å². The van der Waals surface area contributed by atoms with E-state index in [-0.39, 0.29) is 60.8 Å². The Kier molecular flexibility index (Phi) is 8.40. The largest absolute Gasteiger partial charge is 0.488 e. The number of halogens is 2. The Morgan fingerprint density at radius 2 is 1.81 bits per heavy atom. The number of nitrogens with zero attached hydrogens (tertiary/aromatic N) is 5. The lowest BCUT2D eigenvalue weighted by atomic mass is 10.2. The lowest BCUT2D eigenvalue weighted by Crippen LogP contribution is -2.51. The Balaban J connectivity index is 1.62. The minimum Gasteiger partial charge on any atom is -0.488 e. The van der Waals surface area contributed by atoms with Crippen molar-refractivity contribution in [2.45, 2.75) is 32.4 Å². The van der Waals surface area contributed by atoms with E-state index in [9.17, 15) is 18.4 Å². The van der Waals surface area contributed by atoms with Crippen molar-refractivity contribution in [1.82, 2.24) is 25.2 Å². The summed E-state index contributed by atoms with van der Waals surface area (Å²) in [6.07, 6.45) is 0.723. The number of amides is 2. The molecule has 1 aliphatic heterocycles. The highest BCUT2D eigenvalue weighted by molar-refractivity contribution is 7.80. The van der Waals surface area contributed by atoms with Crippen molar-refractivity contribution in [2.24, 2.45) is 5.73 Å². The van der Waals surface area contributed by atoms with E-state index in [2.05, 4.69) is 15.6 Å². The van der Waals surface area contributed by atoms with E-state index in [0.29, 0.717) is 0 Å². The highest BCUT2D eigenvalue weighted by Crippen LogP contribution is 2.27. The van der Waals surface area contributed by atoms with Crippen LogP contribution in [0, 0.1) is 11.6 Å². The SMILES string of the molecule is COC(=S)C(N)c1cn(-c2cc(F)c(N3CCN(C(=O)CNC(=O)OC(C)(C)C)CC3)c(F)c2)nn1. The molecule has 1 saturated heterocycles. The number of ether oxygens (including phenoxy) is 2. The zero-order valence-electron chi connectivity index (χ0n) is 20.5. The predicted octanol–water partition coefficient (Wildman–Crippen LogP) is 1.69. The van der Waals surface area contributed by atoms with Crippen molar-refractivity contribution >= 4 is 35.0 Å². The van der Waals surface area contributed by atoms with Crippen LogP contribution in [0.3, 0.4) is 0 Å². The zero-order chi connectivity index (χ0) is 26.6. The molecule has 11 nitrogen and oxygen atoms in total. The molecule has 3 rings (SSSR count). The Hall–Kier alpha value is -3.39. The lowest BCUT2D eigenvalue weighted by Gasteiger charge is -2.36. The number of hydrogen-bond donors (Lipinski definition) is 2. The zero-order valence-corrected chi connectivity index (χ0v) is 21.3. The number of aromatic nitrogens is 3. The predicted molar refractivity (Wildman–Crippen MR) is 131 cm³/mol. The van der Waals surface area contributed by atoms with Gasteiger partial charge in [0.05, 0.1) is 19.0 Å². The molecule has 0 saturated carbocycles. The van der Waals surface area contributed by atoms with Crippen LogP contribution in [-0.4, -0.2) is 82.4 Å². The van der Waals surface area contributed by atoms with Crippen LogP contribution in [0.2, 0.25) is 0 Å². The van der Waals surface area contributed by atoms with E-state index in [1.165, 1.54) is 27.8 Å². The third kappa shape index (κ3) is 6.63. The normalized spacial score (nSPS) is 14.9.